The Morgan fingerprint density at radius 2 is 1.45 bits per heavy atom. The second-order valence-corrected chi connectivity index (χ2v) is 8.17. The molecule has 0 aromatic heterocycles. The summed E-state index contributed by atoms with van der Waals surface area (Å²) in [6, 6.07) is 9.93. The number of sulfonamides is 1. The molecule has 0 atom stereocenters. The molecule has 0 bridgehead atoms. The van der Waals surface area contributed by atoms with E-state index in [1.165, 1.54) is 0 Å². The Hall–Kier alpha value is -0.570. The maximum atomic E-state index is 12.4. The van der Waals surface area contributed by atoms with E-state index in [0.29, 0.717) is 20.3 Å². The van der Waals surface area contributed by atoms with Gasteiger partial charge in [-0.05, 0) is 68.3 Å². The zero-order valence-electron chi connectivity index (χ0n) is 9.90. The molecule has 8 heteroatoms. The van der Waals surface area contributed by atoms with Crippen LogP contribution in [0.3, 0.4) is 0 Å². The first kappa shape index (κ1) is 15.8. The van der Waals surface area contributed by atoms with Crippen molar-refractivity contribution in [2.24, 2.45) is 0 Å². The lowest BCUT2D eigenvalue weighted by molar-refractivity contribution is 0.600. The van der Waals surface area contributed by atoms with Crippen LogP contribution in [0.1, 0.15) is 0 Å². The Kier molecular flexibility index (Phi) is 4.78. The molecule has 0 aliphatic carbocycles. The number of hydrogen-bond acceptors (Lipinski definition) is 3. The smallest absolute Gasteiger partial charge is 0.264 e. The van der Waals surface area contributed by atoms with E-state index in [2.05, 4.69) is 52.5 Å². The molecule has 0 aliphatic rings. The largest absolute Gasteiger partial charge is 0.399 e. The lowest BCUT2D eigenvalue weighted by Gasteiger charge is -2.12. The van der Waals surface area contributed by atoms with Crippen molar-refractivity contribution in [2.45, 2.75) is 4.90 Å². The van der Waals surface area contributed by atoms with Crippen molar-refractivity contribution in [3.8, 4) is 0 Å². The molecule has 0 aliphatic heterocycles. The predicted molar refractivity (Wildman–Crippen MR) is 91.2 cm³/mol. The zero-order chi connectivity index (χ0) is 14.9. The third kappa shape index (κ3) is 3.55. The summed E-state index contributed by atoms with van der Waals surface area (Å²) in [7, 11) is -3.72. The summed E-state index contributed by atoms with van der Waals surface area (Å²) in [5, 5.41) is 0. The fourth-order valence-electron chi connectivity index (χ4n) is 1.56. The molecule has 3 N–H and O–H groups in total. The molecular weight excluding hydrogens is 476 g/mol. The standard InChI is InChI=1S/C12H9Br3N2O2S/c13-7-1-3-9(4-2-7)17-20(18,19)12-10(14)5-8(16)6-11(12)15/h1-6,17H,16H2. The van der Waals surface area contributed by atoms with Gasteiger partial charge >= 0.3 is 0 Å². The van der Waals surface area contributed by atoms with E-state index in [1.54, 1.807) is 36.4 Å². The van der Waals surface area contributed by atoms with Crippen LogP contribution in [-0.2, 0) is 10.0 Å². The van der Waals surface area contributed by atoms with Crippen molar-refractivity contribution < 1.29 is 8.42 Å². The van der Waals surface area contributed by atoms with Crippen LogP contribution in [0.4, 0.5) is 11.4 Å². The van der Waals surface area contributed by atoms with Crippen LogP contribution in [-0.4, -0.2) is 8.42 Å². The number of rotatable bonds is 3. The van der Waals surface area contributed by atoms with Crippen molar-refractivity contribution in [1.29, 1.82) is 0 Å². The van der Waals surface area contributed by atoms with Crippen molar-refractivity contribution in [3.63, 3.8) is 0 Å². The molecule has 0 amide bonds. The number of nitrogens with two attached hydrogens (primary N) is 1. The van der Waals surface area contributed by atoms with E-state index in [1.807, 2.05) is 0 Å². The number of anilines is 2. The summed E-state index contributed by atoms with van der Waals surface area (Å²) in [5.74, 6) is 0. The maximum absolute atomic E-state index is 12.4. The Balaban J connectivity index is 2.43. The van der Waals surface area contributed by atoms with Crippen molar-refractivity contribution >= 4 is 69.2 Å². The highest BCUT2D eigenvalue weighted by molar-refractivity contribution is 9.11. The molecule has 20 heavy (non-hydrogen) atoms. The molecule has 4 nitrogen and oxygen atoms in total. The Morgan fingerprint density at radius 1 is 0.950 bits per heavy atom. The van der Waals surface area contributed by atoms with E-state index in [0.717, 1.165) is 4.47 Å². The van der Waals surface area contributed by atoms with Gasteiger partial charge in [0.15, 0.2) is 0 Å². The van der Waals surface area contributed by atoms with E-state index in [9.17, 15) is 8.42 Å². The highest BCUT2D eigenvalue weighted by atomic mass is 79.9. The highest BCUT2D eigenvalue weighted by Gasteiger charge is 2.21. The number of hydrogen-bond donors (Lipinski definition) is 2. The molecule has 2 aromatic rings. The van der Waals surface area contributed by atoms with Crippen molar-refractivity contribution in [3.05, 3.63) is 49.8 Å². The maximum Gasteiger partial charge on any atom is 0.264 e. The fraction of sp³-hybridized carbons (Fsp3) is 0. The number of nitrogen functional groups attached to an aromatic ring is 1. The molecule has 0 fully saturated rings. The molecule has 0 saturated carbocycles. The van der Waals surface area contributed by atoms with Gasteiger partial charge in [-0.2, -0.15) is 0 Å². The molecule has 106 valence electrons. The van der Waals surface area contributed by atoms with Crippen LogP contribution in [0.5, 0.6) is 0 Å². The molecule has 0 radical (unpaired) electrons. The zero-order valence-corrected chi connectivity index (χ0v) is 15.5. The van der Waals surface area contributed by atoms with E-state index in [4.69, 9.17) is 5.73 Å². The average molecular weight is 485 g/mol. The van der Waals surface area contributed by atoms with Crippen LogP contribution in [0.25, 0.3) is 0 Å². The molecule has 0 heterocycles. The van der Waals surface area contributed by atoms with Gasteiger partial charge in [0.1, 0.15) is 4.90 Å². The van der Waals surface area contributed by atoms with Crippen LogP contribution >= 0.6 is 47.8 Å². The molecule has 2 rings (SSSR count). The van der Waals surface area contributed by atoms with E-state index in [-0.39, 0.29) is 4.90 Å². The van der Waals surface area contributed by atoms with Gasteiger partial charge in [0.25, 0.3) is 10.0 Å². The number of nitrogens with one attached hydrogen (secondary N) is 1. The SMILES string of the molecule is Nc1cc(Br)c(S(=O)(=O)Nc2ccc(Br)cc2)c(Br)c1. The van der Waals surface area contributed by atoms with Crippen LogP contribution in [0.15, 0.2) is 54.7 Å². The quantitative estimate of drug-likeness (QED) is 0.636. The topological polar surface area (TPSA) is 72.2 Å². The minimum absolute atomic E-state index is 0.106. The predicted octanol–water partition coefficient (Wildman–Crippen LogP) is 4.36. The van der Waals surface area contributed by atoms with Gasteiger partial charge in [-0.25, -0.2) is 8.42 Å². The Bertz CT molecular complexity index is 723. The van der Waals surface area contributed by atoms with Crippen LogP contribution < -0.4 is 10.5 Å². The second kappa shape index (κ2) is 6.05. The van der Waals surface area contributed by atoms with Crippen LogP contribution in [0.2, 0.25) is 0 Å². The fourth-order valence-corrected chi connectivity index (χ4v) is 5.50. The van der Waals surface area contributed by atoms with Gasteiger partial charge in [-0.3, -0.25) is 4.72 Å². The normalized spacial score (nSPS) is 11.3. The lowest BCUT2D eigenvalue weighted by Crippen LogP contribution is -2.14. The van der Waals surface area contributed by atoms with Crippen LogP contribution in [0, 0.1) is 0 Å². The molecule has 0 unspecified atom stereocenters. The Labute approximate surface area is 142 Å². The summed E-state index contributed by atoms with van der Waals surface area (Å²) in [5.41, 5.74) is 6.60. The first-order valence-electron chi connectivity index (χ1n) is 5.32. The summed E-state index contributed by atoms with van der Waals surface area (Å²) in [4.78, 5) is 0.106. The summed E-state index contributed by atoms with van der Waals surface area (Å²) in [6.45, 7) is 0. The summed E-state index contributed by atoms with van der Waals surface area (Å²) >= 11 is 9.74. The minimum atomic E-state index is -3.72. The van der Waals surface area contributed by atoms with Gasteiger partial charge in [-0.15, -0.1) is 0 Å². The molecular formula is C12H9Br3N2O2S. The van der Waals surface area contributed by atoms with Gasteiger partial charge < -0.3 is 5.73 Å². The number of benzene rings is 2. The Morgan fingerprint density at radius 3 is 1.95 bits per heavy atom. The van der Waals surface area contributed by atoms with Crippen molar-refractivity contribution in [1.82, 2.24) is 0 Å². The second-order valence-electron chi connectivity index (χ2n) is 3.93. The first-order chi connectivity index (χ1) is 9.29. The van der Waals surface area contributed by atoms with E-state index < -0.39 is 10.0 Å². The van der Waals surface area contributed by atoms with Crippen molar-refractivity contribution in [2.75, 3.05) is 10.5 Å². The monoisotopic (exact) mass is 482 g/mol. The third-order valence-corrected chi connectivity index (χ3v) is 6.17. The molecule has 0 saturated heterocycles. The minimum Gasteiger partial charge on any atom is -0.399 e. The van der Waals surface area contributed by atoms with Gasteiger partial charge in [-0.1, -0.05) is 15.9 Å². The average Bonchev–Trinajstić information content (AvgIpc) is 2.30. The molecule has 2 aromatic carbocycles. The van der Waals surface area contributed by atoms with E-state index >= 15 is 0 Å². The first-order valence-corrected chi connectivity index (χ1v) is 9.19. The van der Waals surface area contributed by atoms with Gasteiger partial charge in [0.2, 0.25) is 0 Å². The summed E-state index contributed by atoms with van der Waals surface area (Å²) in [6.07, 6.45) is 0. The highest BCUT2D eigenvalue weighted by Crippen LogP contribution is 2.33. The van der Waals surface area contributed by atoms with Gasteiger partial charge in [0.05, 0.1) is 0 Å². The third-order valence-electron chi connectivity index (χ3n) is 2.39. The molecule has 0 spiro atoms. The van der Waals surface area contributed by atoms with Gasteiger partial charge in [0, 0.05) is 24.8 Å². The lowest BCUT2D eigenvalue weighted by atomic mass is 10.3. The summed E-state index contributed by atoms with van der Waals surface area (Å²) < 4.78 is 29.0. The number of halogens is 3.